The Balaban J connectivity index is 1.81. The molecule has 1 unspecified atom stereocenters. The summed E-state index contributed by atoms with van der Waals surface area (Å²) in [5, 5.41) is 10.1. The molecule has 4 aromatic rings. The van der Waals surface area contributed by atoms with Gasteiger partial charge in [0.2, 0.25) is 0 Å². The van der Waals surface area contributed by atoms with E-state index in [0.29, 0.717) is 6.54 Å². The molecule has 122 valence electrons. The van der Waals surface area contributed by atoms with E-state index >= 15 is 0 Å². The minimum atomic E-state index is 0.0164. The molecule has 4 rings (SSSR count). The number of pyridine rings is 1. The van der Waals surface area contributed by atoms with Crippen LogP contribution in [0, 0.1) is 0 Å². The van der Waals surface area contributed by atoms with Crippen molar-refractivity contribution in [2.24, 2.45) is 0 Å². The number of aromatic nitrogens is 6. The maximum absolute atomic E-state index is 9.38. The SMILES string of the molecule is OCCn1c(Sc2nc3cncc(Br)c3s2)nc2c([AsH2])ncnc21. The molecular weight excluding hydrogens is 475 g/mol. The van der Waals surface area contributed by atoms with Crippen LogP contribution in [0.15, 0.2) is 32.7 Å². The summed E-state index contributed by atoms with van der Waals surface area (Å²) in [5.74, 6) is 0. The fraction of sp³-hybridized carbons (Fsp3) is 0.154. The third-order valence-corrected chi connectivity index (χ3v) is 7.17. The van der Waals surface area contributed by atoms with Crippen LogP contribution in [0.2, 0.25) is 0 Å². The molecule has 0 saturated carbocycles. The first-order chi connectivity index (χ1) is 11.7. The van der Waals surface area contributed by atoms with Crippen molar-refractivity contribution in [2.45, 2.75) is 16.0 Å². The molecule has 1 N–H and O–H groups in total. The van der Waals surface area contributed by atoms with Gasteiger partial charge in [-0.3, -0.25) is 0 Å². The van der Waals surface area contributed by atoms with Crippen molar-refractivity contribution in [1.82, 2.24) is 29.5 Å². The summed E-state index contributed by atoms with van der Waals surface area (Å²) in [6, 6.07) is 0. The van der Waals surface area contributed by atoms with Crippen molar-refractivity contribution in [3.8, 4) is 0 Å². The molecule has 0 aliphatic heterocycles. The van der Waals surface area contributed by atoms with E-state index in [2.05, 4.69) is 40.8 Å². The molecule has 0 spiro atoms. The molecule has 7 nitrogen and oxygen atoms in total. The van der Waals surface area contributed by atoms with Crippen LogP contribution in [0.25, 0.3) is 21.4 Å². The number of hydrogen-bond donors (Lipinski definition) is 1. The molecule has 0 aliphatic carbocycles. The Labute approximate surface area is 161 Å². The van der Waals surface area contributed by atoms with E-state index in [9.17, 15) is 5.11 Å². The molecule has 0 amide bonds. The Hall–Kier alpha value is -1.06. The van der Waals surface area contributed by atoms with Crippen LogP contribution in [0.1, 0.15) is 0 Å². The number of halogens is 1. The molecule has 0 saturated heterocycles. The van der Waals surface area contributed by atoms with Crippen molar-refractivity contribution >= 4 is 81.7 Å². The second kappa shape index (κ2) is 6.68. The van der Waals surface area contributed by atoms with Gasteiger partial charge in [0, 0.05) is 0 Å². The molecule has 0 bridgehead atoms. The van der Waals surface area contributed by atoms with E-state index < -0.39 is 0 Å². The van der Waals surface area contributed by atoms with Gasteiger partial charge in [-0.1, -0.05) is 0 Å². The molecule has 1 atom stereocenters. The van der Waals surface area contributed by atoms with Gasteiger partial charge >= 0.3 is 162 Å². The van der Waals surface area contributed by atoms with Crippen molar-refractivity contribution in [3.63, 3.8) is 0 Å². The summed E-state index contributed by atoms with van der Waals surface area (Å²) in [4.78, 5) is 21.9. The second-order valence-electron chi connectivity index (χ2n) is 4.75. The van der Waals surface area contributed by atoms with Gasteiger partial charge in [0.15, 0.2) is 0 Å². The van der Waals surface area contributed by atoms with Crippen LogP contribution in [0.3, 0.4) is 0 Å². The summed E-state index contributed by atoms with van der Waals surface area (Å²) in [7, 11) is 0. The summed E-state index contributed by atoms with van der Waals surface area (Å²) in [6.45, 7) is 0.445. The van der Waals surface area contributed by atoms with Crippen LogP contribution in [0.5, 0.6) is 0 Å². The monoisotopic (exact) mass is 484 g/mol. The van der Waals surface area contributed by atoms with Crippen molar-refractivity contribution < 1.29 is 5.11 Å². The molecule has 24 heavy (non-hydrogen) atoms. The third kappa shape index (κ3) is 2.86. The Bertz CT molecular complexity index is 1050. The van der Waals surface area contributed by atoms with E-state index in [1.165, 1.54) is 34.9 Å². The normalized spacial score (nSPS) is 11.6. The topological polar surface area (TPSA) is 89.6 Å². The number of fused-ring (bicyclic) bond motifs is 2. The zero-order valence-corrected chi connectivity index (χ0v) is 17.7. The Morgan fingerprint density at radius 1 is 1.29 bits per heavy atom. The molecule has 11 heteroatoms. The first kappa shape index (κ1) is 16.4. The van der Waals surface area contributed by atoms with Gasteiger partial charge in [0.25, 0.3) is 0 Å². The second-order valence-corrected chi connectivity index (χ2v) is 8.97. The van der Waals surface area contributed by atoms with Crippen LogP contribution in [-0.4, -0.2) is 58.1 Å². The number of imidazole rings is 1. The Morgan fingerprint density at radius 3 is 2.96 bits per heavy atom. The quantitative estimate of drug-likeness (QED) is 0.432. The molecule has 0 fully saturated rings. The third-order valence-electron chi connectivity index (χ3n) is 3.26. The van der Waals surface area contributed by atoms with E-state index in [4.69, 9.17) is 0 Å². The van der Waals surface area contributed by atoms with Crippen LogP contribution >= 0.6 is 39.0 Å². The summed E-state index contributed by atoms with van der Waals surface area (Å²) in [6.07, 6.45) is 5.04. The molecule has 0 aromatic carbocycles. The maximum atomic E-state index is 9.38. The zero-order valence-electron chi connectivity index (χ0n) is 12.0. The number of rotatable bonds is 4. The van der Waals surface area contributed by atoms with Crippen LogP contribution in [-0.2, 0) is 6.54 Å². The van der Waals surface area contributed by atoms with E-state index in [1.54, 1.807) is 23.7 Å². The minimum absolute atomic E-state index is 0.0164. The predicted molar refractivity (Wildman–Crippen MR) is 99.8 cm³/mol. The fourth-order valence-electron chi connectivity index (χ4n) is 2.24. The van der Waals surface area contributed by atoms with E-state index in [-0.39, 0.29) is 6.61 Å². The average Bonchev–Trinajstić information content (AvgIpc) is 3.12. The first-order valence-corrected chi connectivity index (χ1v) is 10.5. The number of hydrogen-bond acceptors (Lipinski definition) is 8. The van der Waals surface area contributed by atoms with Gasteiger partial charge in [0.05, 0.1) is 0 Å². The van der Waals surface area contributed by atoms with Crippen molar-refractivity contribution in [3.05, 3.63) is 23.2 Å². The van der Waals surface area contributed by atoms with Gasteiger partial charge < -0.3 is 0 Å². The molecule has 0 radical (unpaired) electrons. The average molecular weight is 485 g/mol. The first-order valence-electron chi connectivity index (χ1n) is 6.83. The number of nitrogens with zero attached hydrogens (tertiary/aromatic N) is 6. The van der Waals surface area contributed by atoms with Gasteiger partial charge in [0.1, 0.15) is 0 Å². The standard InChI is InChI=1S/C13H10AsBrN6OS2/c14-10-8-11(18-5-17-10)21(1-2-22)12(20-8)24-13-19-7-4-16-3-6(15)9(7)23-13/h3-5,22H,1-2,14H2. The molecule has 4 heterocycles. The number of aliphatic hydroxyl groups excluding tert-OH is 1. The fourth-order valence-corrected chi connectivity index (χ4v) is 5.38. The van der Waals surface area contributed by atoms with Crippen LogP contribution < -0.4 is 4.48 Å². The number of aliphatic hydroxyl groups is 1. The van der Waals surface area contributed by atoms with E-state index in [1.807, 2.05) is 4.57 Å². The summed E-state index contributed by atoms with van der Waals surface area (Å²) >= 11 is 7.94. The van der Waals surface area contributed by atoms with Crippen molar-refractivity contribution in [2.75, 3.05) is 6.61 Å². The van der Waals surface area contributed by atoms with E-state index in [0.717, 1.165) is 39.8 Å². The number of thiazole rings is 1. The molecule has 4 aromatic heterocycles. The van der Waals surface area contributed by atoms with Gasteiger partial charge in [-0.05, 0) is 0 Å². The molecule has 0 aliphatic rings. The summed E-state index contributed by atoms with van der Waals surface area (Å²) in [5.41, 5.74) is 2.36. The van der Waals surface area contributed by atoms with Gasteiger partial charge in [-0.25, -0.2) is 0 Å². The van der Waals surface area contributed by atoms with Crippen molar-refractivity contribution in [1.29, 1.82) is 0 Å². The predicted octanol–water partition coefficient (Wildman–Crippen LogP) is 0.995. The zero-order chi connectivity index (χ0) is 16.7. The molecular formula is C13H10AsBrN6OS2. The Kier molecular flexibility index (Phi) is 4.57. The van der Waals surface area contributed by atoms with Gasteiger partial charge in [-0.2, -0.15) is 0 Å². The van der Waals surface area contributed by atoms with Gasteiger partial charge in [-0.15, -0.1) is 0 Å². The van der Waals surface area contributed by atoms with Crippen LogP contribution in [0.4, 0.5) is 0 Å². The Morgan fingerprint density at radius 2 is 2.17 bits per heavy atom. The summed E-state index contributed by atoms with van der Waals surface area (Å²) < 4.78 is 5.63.